The van der Waals surface area contributed by atoms with Crippen LogP contribution >= 0.6 is 0 Å². The molecule has 0 aliphatic carbocycles. The molecule has 270 valence electrons. The minimum absolute atomic E-state index is 0.0477. The molecule has 4 atom stereocenters. The van der Waals surface area contributed by atoms with Crippen molar-refractivity contribution in [1.29, 1.82) is 0 Å². The maximum absolute atomic E-state index is 13.3. The second-order valence-corrected chi connectivity index (χ2v) is 14.7. The number of benzene rings is 1. The highest BCUT2D eigenvalue weighted by atomic mass is 16.6. The molecular weight excluding hydrogens is 602 g/mol. The fourth-order valence-electron chi connectivity index (χ4n) is 5.07. The number of nitrogens with two attached hydrogens (primary N) is 1. The van der Waals surface area contributed by atoms with Gasteiger partial charge in [-0.1, -0.05) is 33.8 Å². The van der Waals surface area contributed by atoms with E-state index in [4.69, 9.17) is 24.7 Å². The number of carbonyl (C=O) groups is 3. The minimum Gasteiger partial charge on any atom is -0.493 e. The Kier molecular flexibility index (Phi) is 17.6. The Labute approximate surface area is 283 Å². The van der Waals surface area contributed by atoms with Gasteiger partial charge in [-0.05, 0) is 96.3 Å². The lowest BCUT2D eigenvalue weighted by Gasteiger charge is -2.33. The summed E-state index contributed by atoms with van der Waals surface area (Å²) in [6.07, 6.45) is 0.275. The number of methoxy groups -OCH3 is 1. The first-order valence-electron chi connectivity index (χ1n) is 16.9. The number of hydrogen-bond acceptors (Lipinski definition) is 8. The normalized spacial score (nSPS) is 14.7. The molecule has 0 unspecified atom stereocenters. The lowest BCUT2D eigenvalue weighted by atomic mass is 9.80. The number of carbonyl (C=O) groups excluding carboxylic acids is 3. The third kappa shape index (κ3) is 15.6. The van der Waals surface area contributed by atoms with Gasteiger partial charge in [-0.2, -0.15) is 0 Å². The number of ether oxygens (including phenoxy) is 4. The van der Waals surface area contributed by atoms with Crippen molar-refractivity contribution in [2.45, 2.75) is 113 Å². The van der Waals surface area contributed by atoms with Gasteiger partial charge >= 0.3 is 6.09 Å². The van der Waals surface area contributed by atoms with Crippen LogP contribution in [0.1, 0.15) is 94.1 Å². The molecule has 0 saturated carbocycles. The van der Waals surface area contributed by atoms with Gasteiger partial charge in [0.25, 0.3) is 0 Å². The van der Waals surface area contributed by atoms with E-state index in [1.807, 2.05) is 39.0 Å². The Morgan fingerprint density at radius 3 is 2.15 bits per heavy atom. The van der Waals surface area contributed by atoms with Crippen molar-refractivity contribution >= 4 is 17.9 Å². The highest BCUT2D eigenvalue weighted by Crippen LogP contribution is 2.32. The summed E-state index contributed by atoms with van der Waals surface area (Å²) in [4.78, 5) is 38.1. The predicted octanol–water partition coefficient (Wildman–Crippen LogP) is 5.25. The fraction of sp³-hybridized carbons (Fsp3) is 0.750. The monoisotopic (exact) mass is 665 g/mol. The first kappa shape index (κ1) is 42.0. The van der Waals surface area contributed by atoms with Crippen LogP contribution in [-0.2, 0) is 25.5 Å². The van der Waals surface area contributed by atoms with Crippen LogP contribution < -0.4 is 25.8 Å². The van der Waals surface area contributed by atoms with Crippen LogP contribution in [-0.4, -0.2) is 74.2 Å². The Morgan fingerprint density at radius 1 is 0.957 bits per heavy atom. The number of amides is 3. The summed E-state index contributed by atoms with van der Waals surface area (Å²) in [5, 5.41) is 17.4. The van der Waals surface area contributed by atoms with E-state index in [0.717, 1.165) is 12.0 Å². The quantitative estimate of drug-likeness (QED) is 0.130. The lowest BCUT2D eigenvalue weighted by molar-refractivity contribution is -0.130. The first-order chi connectivity index (χ1) is 21.8. The van der Waals surface area contributed by atoms with Crippen LogP contribution in [0, 0.1) is 29.1 Å². The van der Waals surface area contributed by atoms with Gasteiger partial charge in [0.1, 0.15) is 5.60 Å². The minimum atomic E-state index is -1.05. The summed E-state index contributed by atoms with van der Waals surface area (Å²) >= 11 is 0. The summed E-state index contributed by atoms with van der Waals surface area (Å²) in [6, 6.07) is 5.18. The van der Waals surface area contributed by atoms with Gasteiger partial charge < -0.3 is 40.4 Å². The van der Waals surface area contributed by atoms with E-state index in [2.05, 4.69) is 24.5 Å². The molecule has 0 fully saturated rings. The molecule has 11 nitrogen and oxygen atoms in total. The Morgan fingerprint density at radius 2 is 1.62 bits per heavy atom. The van der Waals surface area contributed by atoms with Gasteiger partial charge in [-0.25, -0.2) is 4.79 Å². The molecule has 0 heterocycles. The Hall–Kier alpha value is -3.05. The van der Waals surface area contributed by atoms with Crippen molar-refractivity contribution in [3.63, 3.8) is 0 Å². The fourth-order valence-corrected chi connectivity index (χ4v) is 5.07. The van der Waals surface area contributed by atoms with Crippen LogP contribution in [0.4, 0.5) is 4.79 Å². The molecule has 11 heteroatoms. The van der Waals surface area contributed by atoms with Gasteiger partial charge in [0.15, 0.2) is 11.5 Å². The molecule has 5 N–H and O–H groups in total. The number of primary amides is 1. The smallest absolute Gasteiger partial charge is 0.407 e. The van der Waals surface area contributed by atoms with E-state index >= 15 is 0 Å². The predicted molar refractivity (Wildman–Crippen MR) is 184 cm³/mol. The molecule has 0 aromatic heterocycles. The Balaban J connectivity index is 3.25. The van der Waals surface area contributed by atoms with Crippen molar-refractivity contribution in [3.05, 3.63) is 23.8 Å². The molecule has 0 spiro atoms. The van der Waals surface area contributed by atoms with E-state index < -0.39 is 41.1 Å². The summed E-state index contributed by atoms with van der Waals surface area (Å²) in [5.74, 6) is 0.0543. The molecule has 1 aromatic carbocycles. The number of aliphatic hydroxyl groups excluding tert-OH is 1. The van der Waals surface area contributed by atoms with E-state index in [-0.39, 0.29) is 36.6 Å². The first-order valence-corrected chi connectivity index (χ1v) is 16.9. The van der Waals surface area contributed by atoms with E-state index in [1.54, 1.807) is 41.7 Å². The molecule has 1 aromatic rings. The van der Waals surface area contributed by atoms with Crippen LogP contribution in [0.25, 0.3) is 0 Å². The molecule has 1 rings (SSSR count). The van der Waals surface area contributed by atoms with Gasteiger partial charge in [0.2, 0.25) is 11.8 Å². The topological polar surface area (TPSA) is 158 Å². The molecule has 0 aliphatic heterocycles. The number of alkyl carbamates (subject to hydrolysis) is 1. The largest absolute Gasteiger partial charge is 0.493 e. The standard InChI is InChI=1S/C36H63N3O8/c1-12-45-16-13-17-46-31-19-25(14-15-30(31)44-11)18-26(23(2)3)20-28(39-34(43)47-35(6,7)8)29(40)21-27(24(4)5)32(41)38-22-36(9,10)33(37)42/h14-15,19,23-24,26-29,40H,12-13,16-18,20-22H2,1-11H3,(H2,37,42)(H,38,41)(H,39,43)/t26-,27-,28-,29-/m0/s1. The molecule has 3 amide bonds. The van der Waals surface area contributed by atoms with E-state index in [1.165, 1.54) is 0 Å². The van der Waals surface area contributed by atoms with Gasteiger partial charge in [0, 0.05) is 32.1 Å². The van der Waals surface area contributed by atoms with Crippen molar-refractivity contribution in [2.24, 2.45) is 34.8 Å². The van der Waals surface area contributed by atoms with Gasteiger partial charge in [-0.3, -0.25) is 9.59 Å². The van der Waals surface area contributed by atoms with Gasteiger partial charge in [0.05, 0.1) is 31.3 Å². The summed E-state index contributed by atoms with van der Waals surface area (Å²) in [5.41, 5.74) is 4.87. The third-order valence-corrected chi connectivity index (χ3v) is 8.30. The molecular formula is C36H63N3O8. The van der Waals surface area contributed by atoms with Crippen LogP contribution in [0.2, 0.25) is 0 Å². The average molecular weight is 666 g/mol. The summed E-state index contributed by atoms with van der Waals surface area (Å²) in [7, 11) is 1.61. The number of rotatable bonds is 21. The maximum Gasteiger partial charge on any atom is 0.407 e. The van der Waals surface area contributed by atoms with Crippen LogP contribution in [0.5, 0.6) is 11.5 Å². The van der Waals surface area contributed by atoms with Crippen LogP contribution in [0.15, 0.2) is 18.2 Å². The van der Waals surface area contributed by atoms with Crippen molar-refractivity contribution < 1.29 is 38.4 Å². The summed E-state index contributed by atoms with van der Waals surface area (Å²) in [6.45, 7) is 20.5. The number of aliphatic hydroxyl groups is 1. The van der Waals surface area contributed by atoms with Gasteiger partial charge in [-0.15, -0.1) is 0 Å². The van der Waals surface area contributed by atoms with Crippen molar-refractivity contribution in [1.82, 2.24) is 10.6 Å². The zero-order valence-corrected chi connectivity index (χ0v) is 30.7. The van der Waals surface area contributed by atoms with E-state index in [0.29, 0.717) is 44.2 Å². The molecule has 0 aliphatic rings. The molecule has 47 heavy (non-hydrogen) atoms. The number of hydrogen-bond donors (Lipinski definition) is 4. The van der Waals surface area contributed by atoms with Crippen molar-refractivity contribution in [3.8, 4) is 11.5 Å². The highest BCUT2D eigenvalue weighted by molar-refractivity contribution is 5.83. The summed E-state index contributed by atoms with van der Waals surface area (Å²) < 4.78 is 22.5. The second kappa shape index (κ2) is 19.7. The molecule has 0 radical (unpaired) electrons. The lowest BCUT2D eigenvalue weighted by Crippen LogP contribution is -2.49. The maximum atomic E-state index is 13.3. The Bertz CT molecular complexity index is 1120. The molecule has 0 saturated heterocycles. The zero-order valence-electron chi connectivity index (χ0n) is 30.7. The van der Waals surface area contributed by atoms with E-state index in [9.17, 15) is 19.5 Å². The van der Waals surface area contributed by atoms with Crippen molar-refractivity contribution in [2.75, 3.05) is 33.5 Å². The SMILES string of the molecule is CCOCCCOc1cc(C[C@@H](C[C@H](NC(=O)OC(C)(C)C)[C@@H](O)C[C@H](C(=O)NCC(C)(C)C(N)=O)C(C)C)C(C)C)ccc1OC. The molecule has 0 bridgehead atoms. The number of nitrogens with one attached hydrogen (secondary N) is 2. The second-order valence-electron chi connectivity index (χ2n) is 14.7. The third-order valence-electron chi connectivity index (χ3n) is 8.30. The van der Waals surface area contributed by atoms with Crippen LogP contribution in [0.3, 0.4) is 0 Å². The zero-order chi connectivity index (χ0) is 35.9. The highest BCUT2D eigenvalue weighted by Gasteiger charge is 2.34. The average Bonchev–Trinajstić information content (AvgIpc) is 2.96.